The summed E-state index contributed by atoms with van der Waals surface area (Å²) < 4.78 is 0. The minimum absolute atomic E-state index is 0. The van der Waals surface area contributed by atoms with Crippen LogP contribution in [0.1, 0.15) is 168 Å². The van der Waals surface area contributed by atoms with Crippen molar-refractivity contribution in [2.75, 3.05) is 0 Å². The number of carboxylic acid groups (broad SMARTS) is 2. The summed E-state index contributed by atoms with van der Waals surface area (Å²) in [6.45, 7) is 4.49. The number of unbranched alkanes of at least 4 members (excludes halogenated alkanes) is 20. The van der Waals surface area contributed by atoms with Gasteiger partial charge in [0, 0.05) is 12.4 Å². The van der Waals surface area contributed by atoms with Crippen LogP contribution in [-0.2, 0) is 9.59 Å². The van der Waals surface area contributed by atoms with E-state index in [2.05, 4.69) is 13.8 Å². The minimum Gasteiger partial charge on any atom is -0.550 e. The van der Waals surface area contributed by atoms with Gasteiger partial charge in [0.1, 0.15) is 0 Å². The summed E-state index contributed by atoms with van der Waals surface area (Å²) in [5.74, 6) is -1.56. The van der Waals surface area contributed by atoms with E-state index in [1.165, 1.54) is 116 Å². The topological polar surface area (TPSA) is 112 Å². The summed E-state index contributed by atoms with van der Waals surface area (Å²) in [6.07, 6.45) is 28.4. The molecule has 0 aromatic heterocycles. The van der Waals surface area contributed by atoms with Crippen molar-refractivity contribution in [1.29, 1.82) is 0 Å². The van der Waals surface area contributed by atoms with Crippen molar-refractivity contribution in [2.24, 2.45) is 0 Å². The molecule has 200 valence electrons. The Hall–Kier alpha value is 0.536. The molecule has 0 saturated carbocycles. The van der Waals surface area contributed by atoms with Crippen LogP contribution in [0.25, 0.3) is 0 Å². The zero-order valence-electron chi connectivity index (χ0n) is 23.3. The summed E-state index contributed by atoms with van der Waals surface area (Å²) in [4.78, 5) is 20.4. The molecule has 0 rings (SSSR count). The molecule has 0 aliphatic rings. The molecule has 5 nitrogen and oxygen atoms in total. The van der Waals surface area contributed by atoms with Crippen LogP contribution < -0.4 is 62.6 Å². The van der Waals surface area contributed by atoms with Crippen molar-refractivity contribution < 1.29 is 71.2 Å². The Balaban J connectivity index is -0.000000250. The molecule has 0 atom stereocenters. The summed E-state index contributed by atoms with van der Waals surface area (Å²) in [5, 5.41) is 18.6. The number of aliphatic carboxylic acids is 2. The van der Waals surface area contributed by atoms with E-state index in [-0.39, 0.29) is 64.0 Å². The molecule has 0 unspecified atom stereocenters. The third-order valence-electron chi connectivity index (χ3n) is 5.98. The third-order valence-corrected chi connectivity index (χ3v) is 5.98. The molecule has 0 amide bonds. The maximum atomic E-state index is 10.3. The van der Waals surface area contributed by atoms with Crippen LogP contribution in [0, 0.1) is 0 Å². The quantitative estimate of drug-likeness (QED) is 0.133. The first kappa shape index (κ1) is 41.7. The number of carbonyl (C=O) groups excluding carboxylic acids is 1. The summed E-state index contributed by atoms with van der Waals surface area (Å²) in [5.41, 5.74) is 0. The average Bonchev–Trinajstić information content (AvgIpc) is 2.76. The standard InChI is InChI=1S/2C14H28O2.K.H3N/c2*1-2-3-4-5-6-7-8-9-10-11-12-13-14(15)16;;/h2*2-13H2,1H3,(H,15,16);;1H3/q;;+1;/p-1. The van der Waals surface area contributed by atoms with Gasteiger partial charge in [-0.25, -0.2) is 0 Å². The molecular weight excluding hydrogens is 453 g/mol. The van der Waals surface area contributed by atoms with Crippen molar-refractivity contribution in [3.63, 3.8) is 0 Å². The van der Waals surface area contributed by atoms with Gasteiger partial charge in [-0.3, -0.25) is 4.79 Å². The van der Waals surface area contributed by atoms with Gasteiger partial charge in [-0.15, -0.1) is 0 Å². The number of hydrogen-bond acceptors (Lipinski definition) is 4. The SMILES string of the molecule is CCCCCCCCCCCCCC(=O)O.CCCCCCCCCCCCCC(=O)[O-].N.[K+]. The Bertz CT molecular complexity index is 359. The van der Waals surface area contributed by atoms with E-state index in [0.29, 0.717) is 6.42 Å². The molecule has 0 aliphatic heterocycles. The maximum absolute atomic E-state index is 10.3. The Morgan fingerprint density at radius 1 is 0.500 bits per heavy atom. The fourth-order valence-corrected chi connectivity index (χ4v) is 3.87. The van der Waals surface area contributed by atoms with Crippen molar-refractivity contribution in [2.45, 2.75) is 168 Å². The summed E-state index contributed by atoms with van der Waals surface area (Å²) in [6, 6.07) is 0. The van der Waals surface area contributed by atoms with Crippen LogP contribution in [0.15, 0.2) is 0 Å². The monoisotopic (exact) mass is 511 g/mol. The van der Waals surface area contributed by atoms with Crippen molar-refractivity contribution in [1.82, 2.24) is 6.15 Å². The molecule has 0 fully saturated rings. The Morgan fingerprint density at radius 2 is 0.735 bits per heavy atom. The van der Waals surface area contributed by atoms with E-state index >= 15 is 0 Å². The molecular formula is C28H58KNO4. The Morgan fingerprint density at radius 3 is 0.971 bits per heavy atom. The maximum Gasteiger partial charge on any atom is 1.00 e. The van der Waals surface area contributed by atoms with Gasteiger partial charge < -0.3 is 21.2 Å². The third kappa shape index (κ3) is 46.0. The second kappa shape index (κ2) is 38.1. The molecule has 0 aromatic rings. The largest absolute Gasteiger partial charge is 1.00 e. The van der Waals surface area contributed by atoms with E-state index in [9.17, 15) is 14.7 Å². The fraction of sp³-hybridized carbons (Fsp3) is 0.929. The summed E-state index contributed by atoms with van der Waals surface area (Å²) in [7, 11) is 0. The van der Waals surface area contributed by atoms with Gasteiger partial charge in [-0.2, -0.15) is 0 Å². The second-order valence-corrected chi connectivity index (χ2v) is 9.34. The Labute approximate surface area is 255 Å². The van der Waals surface area contributed by atoms with E-state index in [4.69, 9.17) is 5.11 Å². The van der Waals surface area contributed by atoms with Crippen molar-refractivity contribution in [3.05, 3.63) is 0 Å². The van der Waals surface area contributed by atoms with Crippen LogP contribution >= 0.6 is 0 Å². The molecule has 4 N–H and O–H groups in total. The van der Waals surface area contributed by atoms with Crippen LogP contribution in [-0.4, -0.2) is 17.0 Å². The first-order valence-corrected chi connectivity index (χ1v) is 14.0. The van der Waals surface area contributed by atoms with E-state index < -0.39 is 11.9 Å². The van der Waals surface area contributed by atoms with Gasteiger partial charge in [0.05, 0.1) is 0 Å². The normalized spacial score (nSPS) is 9.94. The number of hydrogen-bond donors (Lipinski definition) is 2. The molecule has 0 radical (unpaired) electrons. The Kier molecular flexibility index (Phi) is 46.6. The smallest absolute Gasteiger partial charge is 0.550 e. The average molecular weight is 512 g/mol. The van der Waals surface area contributed by atoms with E-state index in [1.807, 2.05) is 0 Å². The van der Waals surface area contributed by atoms with Gasteiger partial charge in [0.25, 0.3) is 0 Å². The number of carboxylic acids is 2. The molecule has 0 aliphatic carbocycles. The van der Waals surface area contributed by atoms with Gasteiger partial charge >= 0.3 is 57.4 Å². The second-order valence-electron chi connectivity index (χ2n) is 9.34. The van der Waals surface area contributed by atoms with Crippen LogP contribution in [0.5, 0.6) is 0 Å². The molecule has 6 heteroatoms. The van der Waals surface area contributed by atoms with E-state index in [0.717, 1.165) is 25.7 Å². The first-order valence-electron chi connectivity index (χ1n) is 14.0. The summed E-state index contributed by atoms with van der Waals surface area (Å²) >= 11 is 0. The molecule has 0 saturated heterocycles. The number of carbonyl (C=O) groups is 2. The zero-order chi connectivity index (χ0) is 24.1. The van der Waals surface area contributed by atoms with Gasteiger partial charge in [-0.1, -0.05) is 142 Å². The van der Waals surface area contributed by atoms with E-state index in [1.54, 1.807) is 0 Å². The molecule has 34 heavy (non-hydrogen) atoms. The van der Waals surface area contributed by atoms with Crippen LogP contribution in [0.4, 0.5) is 0 Å². The van der Waals surface area contributed by atoms with Crippen LogP contribution in [0.3, 0.4) is 0 Å². The minimum atomic E-state index is -0.907. The number of rotatable bonds is 24. The van der Waals surface area contributed by atoms with Gasteiger partial charge in [0.2, 0.25) is 0 Å². The van der Waals surface area contributed by atoms with Crippen molar-refractivity contribution >= 4 is 11.9 Å². The molecule has 0 aromatic carbocycles. The van der Waals surface area contributed by atoms with Gasteiger partial charge in [-0.05, 0) is 19.3 Å². The molecule has 0 bridgehead atoms. The first-order chi connectivity index (χ1) is 15.5. The van der Waals surface area contributed by atoms with Crippen LogP contribution in [0.2, 0.25) is 0 Å². The predicted octanol–water partition coefficient (Wildman–Crippen LogP) is 5.38. The van der Waals surface area contributed by atoms with Crippen molar-refractivity contribution in [3.8, 4) is 0 Å². The molecule has 0 heterocycles. The zero-order valence-corrected chi connectivity index (χ0v) is 26.5. The molecule has 0 spiro atoms. The predicted molar refractivity (Wildman–Crippen MR) is 140 cm³/mol. The van der Waals surface area contributed by atoms with Gasteiger partial charge in [0.15, 0.2) is 0 Å². The fourth-order valence-electron chi connectivity index (χ4n) is 3.87.